The fraction of sp³-hybridized carbons (Fsp3) is 0.278. The van der Waals surface area contributed by atoms with Gasteiger partial charge in [0, 0.05) is 22.6 Å². The second-order valence-electron chi connectivity index (χ2n) is 6.10. The van der Waals surface area contributed by atoms with Crippen molar-refractivity contribution in [3.63, 3.8) is 0 Å². The minimum absolute atomic E-state index is 0.0524. The molecule has 7 heteroatoms. The zero-order valence-electron chi connectivity index (χ0n) is 14.8. The van der Waals surface area contributed by atoms with Crippen molar-refractivity contribution < 1.29 is 4.79 Å². The maximum absolute atomic E-state index is 12.6. The first-order valence-corrected chi connectivity index (χ1v) is 8.96. The van der Waals surface area contributed by atoms with E-state index in [0.29, 0.717) is 5.16 Å². The van der Waals surface area contributed by atoms with E-state index in [1.165, 1.54) is 22.9 Å². The van der Waals surface area contributed by atoms with Crippen LogP contribution in [0.25, 0.3) is 5.69 Å². The fourth-order valence-electron chi connectivity index (χ4n) is 2.84. The second-order valence-corrected chi connectivity index (χ2v) is 7.05. The van der Waals surface area contributed by atoms with Gasteiger partial charge >= 0.3 is 0 Å². The number of anilines is 1. The number of aromatic nitrogens is 4. The Balaban J connectivity index is 1.85. The van der Waals surface area contributed by atoms with Crippen LogP contribution in [0.1, 0.15) is 32.9 Å². The number of carbonyl (C=O) groups excluding carboxylic acids is 1. The monoisotopic (exact) mass is 355 g/mol. The number of hydrogen-bond donors (Lipinski definition) is 2. The molecule has 0 amide bonds. The number of carbonyl (C=O) groups is 1. The number of ketones is 1. The van der Waals surface area contributed by atoms with E-state index in [4.69, 9.17) is 5.73 Å². The van der Waals surface area contributed by atoms with Crippen molar-refractivity contribution >= 4 is 23.5 Å². The number of rotatable bonds is 5. The highest BCUT2D eigenvalue weighted by Gasteiger charge is 2.17. The second kappa shape index (κ2) is 6.76. The molecule has 1 aromatic carbocycles. The van der Waals surface area contributed by atoms with Gasteiger partial charge in [0.1, 0.15) is 0 Å². The van der Waals surface area contributed by atoms with Gasteiger partial charge in [0.05, 0.1) is 5.75 Å². The number of nitrogens with zero attached hydrogens (tertiary/aromatic N) is 3. The molecule has 6 nitrogen and oxygen atoms in total. The molecule has 3 aromatic rings. The molecule has 0 saturated carbocycles. The van der Waals surface area contributed by atoms with Crippen LogP contribution < -0.4 is 5.73 Å². The zero-order chi connectivity index (χ0) is 18.1. The molecule has 3 N–H and O–H groups in total. The number of nitrogens with one attached hydrogen (secondary N) is 1. The van der Waals surface area contributed by atoms with Crippen LogP contribution in [-0.2, 0) is 0 Å². The Kier molecular flexibility index (Phi) is 4.67. The maximum atomic E-state index is 12.6. The van der Waals surface area contributed by atoms with Crippen molar-refractivity contribution in [2.75, 3.05) is 11.5 Å². The number of nitrogen functional groups attached to an aromatic ring is 1. The minimum atomic E-state index is 0.0524. The van der Waals surface area contributed by atoms with E-state index in [0.717, 1.165) is 22.6 Å². The molecule has 2 aromatic heterocycles. The summed E-state index contributed by atoms with van der Waals surface area (Å²) in [5.41, 5.74) is 11.8. The third-order valence-electron chi connectivity index (χ3n) is 4.29. The van der Waals surface area contributed by atoms with Crippen LogP contribution in [-0.4, -0.2) is 31.3 Å². The smallest absolute Gasteiger partial charge is 0.216 e. The Morgan fingerprint density at radius 2 is 1.96 bits per heavy atom. The first kappa shape index (κ1) is 17.3. The molecule has 0 atom stereocenters. The first-order chi connectivity index (χ1) is 11.9. The molecule has 0 unspecified atom stereocenters. The van der Waals surface area contributed by atoms with Crippen molar-refractivity contribution in [1.29, 1.82) is 0 Å². The average Bonchev–Trinajstić information content (AvgIpc) is 3.11. The van der Waals surface area contributed by atoms with Crippen LogP contribution in [0.4, 0.5) is 5.95 Å². The van der Waals surface area contributed by atoms with E-state index in [9.17, 15) is 4.79 Å². The van der Waals surface area contributed by atoms with E-state index in [1.54, 1.807) is 0 Å². The lowest BCUT2D eigenvalue weighted by Gasteiger charge is -2.12. The van der Waals surface area contributed by atoms with Crippen molar-refractivity contribution in [3.8, 4) is 5.69 Å². The van der Waals surface area contributed by atoms with Crippen LogP contribution in [0.3, 0.4) is 0 Å². The molecule has 0 radical (unpaired) electrons. The third-order valence-corrected chi connectivity index (χ3v) is 5.14. The largest absolute Gasteiger partial charge is 0.368 e. The van der Waals surface area contributed by atoms with Gasteiger partial charge in [0.25, 0.3) is 0 Å². The Morgan fingerprint density at radius 3 is 2.60 bits per heavy atom. The van der Waals surface area contributed by atoms with Gasteiger partial charge in [-0.05, 0) is 57.0 Å². The molecule has 0 aliphatic rings. The van der Waals surface area contributed by atoms with Gasteiger partial charge in [-0.3, -0.25) is 4.79 Å². The summed E-state index contributed by atoms with van der Waals surface area (Å²) in [6.45, 7) is 8.18. The summed E-state index contributed by atoms with van der Waals surface area (Å²) in [5, 5.41) is 6.99. The Labute approximate surface area is 150 Å². The van der Waals surface area contributed by atoms with Gasteiger partial charge in [-0.25, -0.2) is 5.10 Å². The topological polar surface area (TPSA) is 89.6 Å². The summed E-state index contributed by atoms with van der Waals surface area (Å²) in [7, 11) is 0. The number of aromatic amines is 1. The molecule has 0 bridgehead atoms. The van der Waals surface area contributed by atoms with Crippen LogP contribution in [0.5, 0.6) is 0 Å². The Morgan fingerprint density at radius 1 is 1.20 bits per heavy atom. The van der Waals surface area contributed by atoms with Gasteiger partial charge in [0.2, 0.25) is 11.1 Å². The molecule has 25 heavy (non-hydrogen) atoms. The number of benzene rings is 1. The predicted molar refractivity (Wildman–Crippen MR) is 101 cm³/mol. The number of H-pyrrole nitrogens is 1. The highest BCUT2D eigenvalue weighted by molar-refractivity contribution is 7.99. The molecule has 0 spiro atoms. The van der Waals surface area contributed by atoms with Crippen molar-refractivity contribution in [2.24, 2.45) is 0 Å². The van der Waals surface area contributed by atoms with E-state index in [1.807, 2.05) is 19.9 Å². The Hall–Kier alpha value is -2.54. The van der Waals surface area contributed by atoms with Gasteiger partial charge in [-0.2, -0.15) is 4.98 Å². The number of hydrogen-bond acceptors (Lipinski definition) is 5. The highest BCUT2D eigenvalue weighted by atomic mass is 32.2. The zero-order valence-corrected chi connectivity index (χ0v) is 15.6. The van der Waals surface area contributed by atoms with E-state index >= 15 is 0 Å². The normalized spacial score (nSPS) is 11.0. The Bertz CT molecular complexity index is 941. The molecule has 0 saturated heterocycles. The standard InChI is InChI=1S/C18H21N5OS/c1-10-5-6-14(7-11(10)2)23-12(3)8-15(13(23)4)16(24)9-25-18-20-17(19)21-22-18/h5-8H,9H2,1-4H3,(H3,19,20,21,22). The molecule has 130 valence electrons. The van der Waals surface area contributed by atoms with Gasteiger partial charge in [-0.15, -0.1) is 5.10 Å². The summed E-state index contributed by atoms with van der Waals surface area (Å²) in [6, 6.07) is 8.28. The predicted octanol–water partition coefficient (Wildman–Crippen LogP) is 3.39. The van der Waals surface area contributed by atoms with Crippen LogP contribution in [0.2, 0.25) is 0 Å². The van der Waals surface area contributed by atoms with Gasteiger partial charge in [-0.1, -0.05) is 17.8 Å². The van der Waals surface area contributed by atoms with Crippen LogP contribution in [0.15, 0.2) is 29.4 Å². The molecule has 3 rings (SSSR count). The molecule has 0 aliphatic carbocycles. The minimum Gasteiger partial charge on any atom is -0.368 e. The van der Waals surface area contributed by atoms with Crippen LogP contribution >= 0.6 is 11.8 Å². The van der Waals surface area contributed by atoms with E-state index < -0.39 is 0 Å². The van der Waals surface area contributed by atoms with Crippen molar-refractivity contribution in [2.45, 2.75) is 32.9 Å². The number of nitrogens with two attached hydrogens (primary N) is 1. The van der Waals surface area contributed by atoms with Crippen molar-refractivity contribution in [3.05, 3.63) is 52.3 Å². The first-order valence-electron chi connectivity index (χ1n) is 7.97. The molecule has 2 heterocycles. The van der Waals surface area contributed by atoms with Gasteiger partial charge in [0.15, 0.2) is 5.78 Å². The van der Waals surface area contributed by atoms with Gasteiger partial charge < -0.3 is 10.3 Å². The SMILES string of the molecule is Cc1ccc(-n2c(C)cc(C(=O)CSc3n[nH]c(N)n3)c2C)cc1C. The molecule has 0 fully saturated rings. The number of thioether (sulfide) groups is 1. The lowest BCUT2D eigenvalue weighted by molar-refractivity contribution is 0.102. The fourth-order valence-corrected chi connectivity index (χ4v) is 3.53. The van der Waals surface area contributed by atoms with Crippen molar-refractivity contribution in [1.82, 2.24) is 19.7 Å². The summed E-state index contributed by atoms with van der Waals surface area (Å²) in [6.07, 6.45) is 0. The third kappa shape index (κ3) is 3.46. The van der Waals surface area contributed by atoms with Crippen LogP contribution in [0, 0.1) is 27.7 Å². The van der Waals surface area contributed by atoms with E-state index in [-0.39, 0.29) is 17.5 Å². The lowest BCUT2D eigenvalue weighted by atomic mass is 10.1. The number of aryl methyl sites for hydroxylation is 3. The number of Topliss-reactive ketones (excluding diaryl/α,β-unsaturated/α-hetero) is 1. The molecular weight excluding hydrogens is 334 g/mol. The summed E-state index contributed by atoms with van der Waals surface area (Å²) in [5.74, 6) is 0.577. The lowest BCUT2D eigenvalue weighted by Crippen LogP contribution is -2.06. The molecule has 0 aliphatic heterocycles. The molecular formula is C18H21N5OS. The highest BCUT2D eigenvalue weighted by Crippen LogP contribution is 2.24. The summed E-state index contributed by atoms with van der Waals surface area (Å²) in [4.78, 5) is 16.6. The van der Waals surface area contributed by atoms with E-state index in [2.05, 4.69) is 51.8 Å². The summed E-state index contributed by atoms with van der Waals surface area (Å²) >= 11 is 1.28. The average molecular weight is 355 g/mol. The maximum Gasteiger partial charge on any atom is 0.216 e. The quantitative estimate of drug-likeness (QED) is 0.541. The summed E-state index contributed by atoms with van der Waals surface area (Å²) < 4.78 is 2.12.